The molecule has 3 aromatic rings. The Balaban J connectivity index is 1.86. The molecule has 0 aliphatic heterocycles. The van der Waals surface area contributed by atoms with E-state index in [1.54, 1.807) is 18.4 Å². The van der Waals surface area contributed by atoms with E-state index < -0.39 is 5.97 Å². The van der Waals surface area contributed by atoms with Gasteiger partial charge in [-0.3, -0.25) is 4.90 Å². The lowest BCUT2D eigenvalue weighted by Gasteiger charge is -2.28. The number of hydrogen-bond acceptors (Lipinski definition) is 6. The molecule has 1 aromatic carbocycles. The summed E-state index contributed by atoms with van der Waals surface area (Å²) < 4.78 is 10.9. The number of carboxylic acids is 1. The Morgan fingerprint density at radius 3 is 2.52 bits per heavy atom. The van der Waals surface area contributed by atoms with Gasteiger partial charge in [-0.25, -0.2) is 4.79 Å². The average Bonchev–Trinajstić information content (AvgIpc) is 3.35. The van der Waals surface area contributed by atoms with Crippen LogP contribution < -0.4 is 5.32 Å². The molecule has 1 atom stereocenters. The van der Waals surface area contributed by atoms with Crippen molar-refractivity contribution >= 4 is 11.8 Å². The largest absolute Gasteiger partial charge is 0.477 e. The van der Waals surface area contributed by atoms with Gasteiger partial charge in [0, 0.05) is 12.1 Å². The highest BCUT2D eigenvalue weighted by atomic mass is 16.5. The van der Waals surface area contributed by atoms with Crippen LogP contribution in [0.25, 0.3) is 11.3 Å². The summed E-state index contributed by atoms with van der Waals surface area (Å²) in [5.41, 5.74) is 0.695. The topological polar surface area (TPSA) is 91.7 Å². The Morgan fingerprint density at radius 1 is 1.19 bits per heavy atom. The number of anilines is 1. The Labute approximate surface area is 157 Å². The maximum absolute atomic E-state index is 11.8. The van der Waals surface area contributed by atoms with E-state index in [1.165, 1.54) is 0 Å². The van der Waals surface area contributed by atoms with Crippen molar-refractivity contribution in [2.24, 2.45) is 0 Å². The highest BCUT2D eigenvalue weighted by molar-refractivity contribution is 5.99. The number of likely N-dealkylation sites (N-methyl/N-ethyl adjacent to an activating group) is 1. The summed E-state index contributed by atoms with van der Waals surface area (Å²) >= 11 is 0. The molecule has 0 saturated carbocycles. The van der Waals surface area contributed by atoms with Gasteiger partial charge in [-0.05, 0) is 25.2 Å². The van der Waals surface area contributed by atoms with Crippen LogP contribution in [0.1, 0.15) is 36.0 Å². The summed E-state index contributed by atoms with van der Waals surface area (Å²) in [6.07, 6.45) is 1.64. The normalized spacial score (nSPS) is 12.3. The average molecular weight is 369 g/mol. The first-order valence-electron chi connectivity index (χ1n) is 8.95. The maximum Gasteiger partial charge on any atom is 0.343 e. The van der Waals surface area contributed by atoms with E-state index in [4.69, 9.17) is 8.94 Å². The molecule has 0 bridgehead atoms. The number of carboxylic acid groups (broad SMARTS) is 1. The third-order valence-electron chi connectivity index (χ3n) is 4.53. The van der Waals surface area contributed by atoms with Gasteiger partial charge in [-0.1, -0.05) is 49.3 Å². The smallest absolute Gasteiger partial charge is 0.343 e. The summed E-state index contributed by atoms with van der Waals surface area (Å²) in [5.74, 6) is 0.179. The van der Waals surface area contributed by atoms with Gasteiger partial charge in [0.2, 0.25) is 0 Å². The zero-order valence-electron chi connectivity index (χ0n) is 15.4. The first-order chi connectivity index (χ1) is 13.2. The van der Waals surface area contributed by atoms with E-state index in [-0.39, 0.29) is 23.2 Å². The Hall–Kier alpha value is -3.06. The van der Waals surface area contributed by atoms with Crippen molar-refractivity contribution in [2.45, 2.75) is 19.9 Å². The number of benzene rings is 1. The van der Waals surface area contributed by atoms with Crippen LogP contribution in [0.2, 0.25) is 0 Å². The Kier molecular flexibility index (Phi) is 5.93. The Morgan fingerprint density at radius 2 is 1.93 bits per heavy atom. The third kappa shape index (κ3) is 4.03. The number of rotatable bonds is 9. The van der Waals surface area contributed by atoms with Crippen LogP contribution in [0.3, 0.4) is 0 Å². The van der Waals surface area contributed by atoms with Crippen molar-refractivity contribution in [1.29, 1.82) is 0 Å². The molecule has 0 aliphatic carbocycles. The number of carbonyl (C=O) groups is 1. The second kappa shape index (κ2) is 8.55. The summed E-state index contributed by atoms with van der Waals surface area (Å²) in [6.45, 7) is 6.26. The second-order valence-corrected chi connectivity index (χ2v) is 6.04. The molecule has 142 valence electrons. The molecule has 0 saturated heterocycles. The molecule has 0 fully saturated rings. The molecule has 3 rings (SSSR count). The van der Waals surface area contributed by atoms with Gasteiger partial charge in [0.15, 0.2) is 17.1 Å². The third-order valence-corrected chi connectivity index (χ3v) is 4.53. The van der Waals surface area contributed by atoms with Crippen molar-refractivity contribution in [1.82, 2.24) is 10.1 Å². The Bertz CT molecular complexity index is 855. The zero-order valence-corrected chi connectivity index (χ0v) is 15.4. The van der Waals surface area contributed by atoms with Crippen LogP contribution >= 0.6 is 0 Å². The summed E-state index contributed by atoms with van der Waals surface area (Å²) in [7, 11) is 0. The minimum atomic E-state index is -1.09. The lowest BCUT2D eigenvalue weighted by molar-refractivity contribution is 0.0698. The number of furan rings is 1. The van der Waals surface area contributed by atoms with E-state index >= 15 is 0 Å². The highest BCUT2D eigenvalue weighted by Gasteiger charge is 2.26. The van der Waals surface area contributed by atoms with E-state index in [0.717, 1.165) is 18.8 Å². The fourth-order valence-corrected chi connectivity index (χ4v) is 3.14. The lowest BCUT2D eigenvalue weighted by atomic mass is 10.1. The van der Waals surface area contributed by atoms with Gasteiger partial charge in [0.25, 0.3) is 0 Å². The van der Waals surface area contributed by atoms with Crippen molar-refractivity contribution in [3.63, 3.8) is 0 Å². The molecular weight excluding hydrogens is 346 g/mol. The van der Waals surface area contributed by atoms with Gasteiger partial charge in [0.05, 0.1) is 12.3 Å². The molecule has 0 spiro atoms. The molecule has 0 aliphatic rings. The molecule has 27 heavy (non-hydrogen) atoms. The number of hydrogen-bond donors (Lipinski definition) is 2. The van der Waals surface area contributed by atoms with Crippen molar-refractivity contribution in [2.75, 3.05) is 25.0 Å². The molecule has 2 heterocycles. The van der Waals surface area contributed by atoms with E-state index in [1.807, 2.05) is 30.3 Å². The number of aromatic carboxylic acids is 1. The van der Waals surface area contributed by atoms with Gasteiger partial charge in [0.1, 0.15) is 5.76 Å². The molecule has 7 nitrogen and oxygen atoms in total. The zero-order chi connectivity index (χ0) is 19.2. The predicted molar refractivity (Wildman–Crippen MR) is 102 cm³/mol. The lowest BCUT2D eigenvalue weighted by Crippen LogP contribution is -2.33. The predicted octanol–water partition coefficient (Wildman–Crippen LogP) is 4.13. The first-order valence-corrected chi connectivity index (χ1v) is 8.95. The summed E-state index contributed by atoms with van der Waals surface area (Å²) in [5, 5.41) is 16.8. The van der Waals surface area contributed by atoms with Gasteiger partial charge in [-0.15, -0.1) is 0 Å². The molecule has 7 heteroatoms. The number of aromatic nitrogens is 1. The number of nitrogens with zero attached hydrogens (tertiary/aromatic N) is 2. The van der Waals surface area contributed by atoms with Crippen molar-refractivity contribution in [3.8, 4) is 11.3 Å². The maximum atomic E-state index is 11.8. The van der Waals surface area contributed by atoms with Gasteiger partial charge < -0.3 is 19.4 Å². The van der Waals surface area contributed by atoms with Crippen LogP contribution in [0.4, 0.5) is 5.82 Å². The number of nitrogens with one attached hydrogen (secondary N) is 1. The fourth-order valence-electron chi connectivity index (χ4n) is 3.14. The summed E-state index contributed by atoms with van der Waals surface area (Å²) in [4.78, 5) is 14.1. The van der Waals surface area contributed by atoms with E-state index in [2.05, 4.69) is 29.2 Å². The van der Waals surface area contributed by atoms with Gasteiger partial charge >= 0.3 is 5.97 Å². The van der Waals surface area contributed by atoms with Crippen LogP contribution in [-0.2, 0) is 0 Å². The molecule has 1 unspecified atom stereocenters. The summed E-state index contributed by atoms with van der Waals surface area (Å²) in [6, 6.07) is 12.8. The molecule has 2 aromatic heterocycles. The van der Waals surface area contributed by atoms with Crippen LogP contribution in [0.15, 0.2) is 57.7 Å². The second-order valence-electron chi connectivity index (χ2n) is 6.04. The minimum absolute atomic E-state index is 0.0268. The molecule has 0 radical (unpaired) electrons. The minimum Gasteiger partial charge on any atom is -0.477 e. The highest BCUT2D eigenvalue weighted by Crippen LogP contribution is 2.30. The standard InChI is InChI=1S/C20H23N3O4/c1-3-23(4-2)15(16-11-8-12-26-16)13-21-19-17(20(24)25)18(27-22-19)14-9-6-5-7-10-14/h5-12,15H,3-4,13H2,1-2H3,(H,21,22)(H,24,25). The van der Waals surface area contributed by atoms with Crippen LogP contribution in [0, 0.1) is 0 Å². The van der Waals surface area contributed by atoms with Crippen LogP contribution in [-0.4, -0.2) is 40.8 Å². The fraction of sp³-hybridized carbons (Fsp3) is 0.300. The van der Waals surface area contributed by atoms with Crippen LogP contribution in [0.5, 0.6) is 0 Å². The quantitative estimate of drug-likeness (QED) is 0.586. The van der Waals surface area contributed by atoms with Crippen molar-refractivity contribution < 1.29 is 18.8 Å². The molecule has 2 N–H and O–H groups in total. The molecule has 0 amide bonds. The SMILES string of the molecule is CCN(CC)C(CNc1noc(-c2ccccc2)c1C(=O)O)c1ccco1. The first kappa shape index (κ1) is 18.7. The van der Waals surface area contributed by atoms with Crippen molar-refractivity contribution in [3.05, 3.63) is 60.1 Å². The molecular formula is C20H23N3O4. The van der Waals surface area contributed by atoms with Gasteiger partial charge in [-0.2, -0.15) is 0 Å². The van der Waals surface area contributed by atoms with E-state index in [9.17, 15) is 9.90 Å². The van der Waals surface area contributed by atoms with E-state index in [0.29, 0.717) is 12.1 Å². The monoisotopic (exact) mass is 369 g/mol.